The molecular formula is C10H11N3. The highest BCUT2D eigenvalue weighted by molar-refractivity contribution is 5.73. The molecule has 0 amide bonds. The van der Waals surface area contributed by atoms with E-state index >= 15 is 0 Å². The third-order valence-corrected chi connectivity index (χ3v) is 2.89. The summed E-state index contributed by atoms with van der Waals surface area (Å²) in [6.45, 7) is 0. The summed E-state index contributed by atoms with van der Waals surface area (Å²) in [7, 11) is 0. The molecule has 0 atom stereocenters. The molecule has 1 saturated carbocycles. The van der Waals surface area contributed by atoms with Gasteiger partial charge in [-0.25, -0.2) is 0 Å². The molecule has 3 heteroatoms. The van der Waals surface area contributed by atoms with Crippen LogP contribution in [0.1, 0.15) is 30.7 Å². The van der Waals surface area contributed by atoms with E-state index in [1.54, 1.807) is 6.20 Å². The average molecular weight is 173 g/mol. The smallest absolute Gasteiger partial charge is 0.108 e. The molecule has 2 aromatic rings. The van der Waals surface area contributed by atoms with E-state index in [2.05, 4.69) is 21.2 Å². The molecule has 66 valence electrons. The molecule has 1 fully saturated rings. The average Bonchev–Trinajstić information content (AvgIpc) is 2.47. The Hall–Kier alpha value is -1.38. The molecule has 0 aromatic carbocycles. The number of hydrogen-bond acceptors (Lipinski definition) is 2. The van der Waals surface area contributed by atoms with Gasteiger partial charge in [0.2, 0.25) is 0 Å². The van der Waals surface area contributed by atoms with Crippen molar-refractivity contribution < 1.29 is 0 Å². The van der Waals surface area contributed by atoms with Crippen LogP contribution >= 0.6 is 0 Å². The number of aromatic nitrogens is 3. The first-order valence-electron chi connectivity index (χ1n) is 4.72. The lowest BCUT2D eigenvalue weighted by Crippen LogP contribution is -2.08. The number of nitrogens with zero attached hydrogens (tertiary/aromatic N) is 2. The van der Waals surface area contributed by atoms with Crippen LogP contribution in [0.4, 0.5) is 0 Å². The van der Waals surface area contributed by atoms with E-state index in [1.807, 2.05) is 6.20 Å². The van der Waals surface area contributed by atoms with Crippen molar-refractivity contribution in [3.63, 3.8) is 0 Å². The molecule has 2 aromatic heterocycles. The van der Waals surface area contributed by atoms with E-state index in [1.165, 1.54) is 24.8 Å². The SMILES string of the molecule is c1nc2cn[nH]c2cc1C1CCC1. The van der Waals surface area contributed by atoms with Gasteiger partial charge in [-0.1, -0.05) is 6.42 Å². The molecule has 13 heavy (non-hydrogen) atoms. The fourth-order valence-corrected chi connectivity index (χ4v) is 1.81. The molecule has 0 radical (unpaired) electrons. The van der Waals surface area contributed by atoms with E-state index < -0.39 is 0 Å². The minimum absolute atomic E-state index is 0.750. The zero-order chi connectivity index (χ0) is 8.67. The lowest BCUT2D eigenvalue weighted by molar-refractivity contribution is 0.419. The van der Waals surface area contributed by atoms with Gasteiger partial charge in [0.1, 0.15) is 5.52 Å². The maximum atomic E-state index is 4.35. The summed E-state index contributed by atoms with van der Waals surface area (Å²) < 4.78 is 0. The van der Waals surface area contributed by atoms with E-state index in [-0.39, 0.29) is 0 Å². The van der Waals surface area contributed by atoms with Gasteiger partial charge in [0.15, 0.2) is 0 Å². The lowest BCUT2D eigenvalue weighted by Gasteiger charge is -2.25. The Morgan fingerprint density at radius 3 is 3.00 bits per heavy atom. The highest BCUT2D eigenvalue weighted by Gasteiger charge is 2.19. The molecule has 2 heterocycles. The number of aromatic amines is 1. The summed E-state index contributed by atoms with van der Waals surface area (Å²) in [6.07, 6.45) is 7.76. The molecule has 1 aliphatic rings. The molecule has 3 nitrogen and oxygen atoms in total. The Balaban J connectivity index is 2.09. The van der Waals surface area contributed by atoms with Crippen LogP contribution in [0.2, 0.25) is 0 Å². The van der Waals surface area contributed by atoms with Crippen molar-refractivity contribution in [1.82, 2.24) is 15.2 Å². The van der Waals surface area contributed by atoms with Gasteiger partial charge in [-0.15, -0.1) is 0 Å². The Bertz CT molecular complexity index is 428. The highest BCUT2D eigenvalue weighted by atomic mass is 15.1. The normalized spacial score (nSPS) is 17.5. The third-order valence-electron chi connectivity index (χ3n) is 2.89. The van der Waals surface area contributed by atoms with Crippen LogP contribution in [0.15, 0.2) is 18.5 Å². The first-order chi connectivity index (χ1) is 6.43. The number of pyridine rings is 1. The summed E-state index contributed by atoms with van der Waals surface area (Å²) >= 11 is 0. The fraction of sp³-hybridized carbons (Fsp3) is 0.400. The molecule has 3 rings (SSSR count). The van der Waals surface area contributed by atoms with E-state index in [0.29, 0.717) is 0 Å². The zero-order valence-corrected chi connectivity index (χ0v) is 7.33. The van der Waals surface area contributed by atoms with Crippen molar-refractivity contribution in [2.45, 2.75) is 25.2 Å². The van der Waals surface area contributed by atoms with Crippen LogP contribution in [0.25, 0.3) is 11.0 Å². The van der Waals surface area contributed by atoms with Crippen molar-refractivity contribution >= 4 is 11.0 Å². The van der Waals surface area contributed by atoms with Crippen LogP contribution in [-0.2, 0) is 0 Å². The Morgan fingerprint density at radius 2 is 2.23 bits per heavy atom. The second-order valence-corrected chi connectivity index (χ2v) is 3.70. The first-order valence-corrected chi connectivity index (χ1v) is 4.72. The quantitative estimate of drug-likeness (QED) is 0.718. The van der Waals surface area contributed by atoms with Gasteiger partial charge in [-0.3, -0.25) is 10.1 Å². The molecule has 1 aliphatic carbocycles. The molecule has 0 saturated heterocycles. The van der Waals surface area contributed by atoms with Crippen LogP contribution in [0, 0.1) is 0 Å². The number of rotatable bonds is 1. The molecule has 0 bridgehead atoms. The number of fused-ring (bicyclic) bond motifs is 1. The minimum Gasteiger partial charge on any atom is -0.276 e. The summed E-state index contributed by atoms with van der Waals surface area (Å²) in [5.74, 6) is 0.750. The molecule has 1 N–H and O–H groups in total. The Kier molecular flexibility index (Phi) is 1.39. The van der Waals surface area contributed by atoms with Crippen LogP contribution < -0.4 is 0 Å². The molecular weight excluding hydrogens is 162 g/mol. The number of H-pyrrole nitrogens is 1. The molecule has 0 aliphatic heterocycles. The van der Waals surface area contributed by atoms with Crippen molar-refractivity contribution in [3.8, 4) is 0 Å². The first kappa shape index (κ1) is 7.06. The Morgan fingerprint density at radius 1 is 1.31 bits per heavy atom. The predicted molar refractivity (Wildman–Crippen MR) is 50.5 cm³/mol. The zero-order valence-electron chi connectivity index (χ0n) is 7.33. The topological polar surface area (TPSA) is 41.6 Å². The van der Waals surface area contributed by atoms with Crippen LogP contribution in [0.3, 0.4) is 0 Å². The van der Waals surface area contributed by atoms with Crippen molar-refractivity contribution in [2.75, 3.05) is 0 Å². The summed E-state index contributed by atoms with van der Waals surface area (Å²) in [5, 5.41) is 6.91. The summed E-state index contributed by atoms with van der Waals surface area (Å²) in [5.41, 5.74) is 3.38. The van der Waals surface area contributed by atoms with Crippen molar-refractivity contribution in [3.05, 3.63) is 24.0 Å². The predicted octanol–water partition coefficient (Wildman–Crippen LogP) is 2.23. The molecule has 0 unspecified atom stereocenters. The van der Waals surface area contributed by atoms with Gasteiger partial charge in [0.25, 0.3) is 0 Å². The maximum Gasteiger partial charge on any atom is 0.108 e. The maximum absolute atomic E-state index is 4.35. The second kappa shape index (κ2) is 2.55. The Labute approximate surface area is 76.2 Å². The molecule has 0 spiro atoms. The highest BCUT2D eigenvalue weighted by Crippen LogP contribution is 2.36. The van der Waals surface area contributed by atoms with Crippen molar-refractivity contribution in [1.29, 1.82) is 0 Å². The van der Waals surface area contributed by atoms with Crippen LogP contribution in [0.5, 0.6) is 0 Å². The standard InChI is InChI=1S/C10H11N3/c1-2-7(3-1)8-4-9-10(11-5-8)6-12-13-9/h4-7H,1-3H2,(H,12,13). The van der Waals surface area contributed by atoms with E-state index in [9.17, 15) is 0 Å². The third kappa shape index (κ3) is 1.03. The van der Waals surface area contributed by atoms with Gasteiger partial charge in [0.05, 0.1) is 11.7 Å². The monoisotopic (exact) mass is 173 g/mol. The van der Waals surface area contributed by atoms with Crippen LogP contribution in [-0.4, -0.2) is 15.2 Å². The van der Waals surface area contributed by atoms with Gasteiger partial charge >= 0.3 is 0 Å². The van der Waals surface area contributed by atoms with Gasteiger partial charge < -0.3 is 0 Å². The number of hydrogen-bond donors (Lipinski definition) is 1. The number of nitrogens with one attached hydrogen (secondary N) is 1. The van der Waals surface area contributed by atoms with Crippen molar-refractivity contribution in [2.24, 2.45) is 0 Å². The fourth-order valence-electron chi connectivity index (χ4n) is 1.81. The van der Waals surface area contributed by atoms with Gasteiger partial charge in [-0.2, -0.15) is 5.10 Å². The lowest BCUT2D eigenvalue weighted by atomic mass is 9.81. The second-order valence-electron chi connectivity index (χ2n) is 3.70. The minimum atomic E-state index is 0.750. The van der Waals surface area contributed by atoms with E-state index in [4.69, 9.17) is 0 Å². The van der Waals surface area contributed by atoms with E-state index in [0.717, 1.165) is 17.0 Å². The summed E-state index contributed by atoms with van der Waals surface area (Å²) in [6, 6.07) is 2.18. The van der Waals surface area contributed by atoms with Gasteiger partial charge in [-0.05, 0) is 30.4 Å². The summed E-state index contributed by atoms with van der Waals surface area (Å²) in [4.78, 5) is 4.35. The van der Waals surface area contributed by atoms with Gasteiger partial charge in [0, 0.05) is 6.20 Å². The largest absolute Gasteiger partial charge is 0.276 e.